The van der Waals surface area contributed by atoms with E-state index in [9.17, 15) is 4.79 Å². The quantitative estimate of drug-likeness (QED) is 0.443. The zero-order chi connectivity index (χ0) is 21.6. The summed E-state index contributed by atoms with van der Waals surface area (Å²) in [6, 6.07) is 14.1. The number of hydrogen-bond donors (Lipinski definition) is 0. The highest BCUT2D eigenvalue weighted by molar-refractivity contribution is 7.99. The third-order valence-electron chi connectivity index (χ3n) is 5.46. The Hall–Kier alpha value is -1.93. The second-order valence-electron chi connectivity index (χ2n) is 7.61. The Morgan fingerprint density at radius 2 is 2.00 bits per heavy atom. The van der Waals surface area contributed by atoms with Gasteiger partial charge < -0.3 is 4.74 Å². The number of carbonyl (C=O) groups excluding carboxylic acids is 1. The highest BCUT2D eigenvalue weighted by atomic mass is 32.2. The fourth-order valence-electron chi connectivity index (χ4n) is 3.82. The fraction of sp³-hybridized carbons (Fsp3) is 0.417. The first kappa shape index (κ1) is 22.3. The number of thioether (sulfide) groups is 1. The van der Waals surface area contributed by atoms with E-state index < -0.39 is 0 Å². The molecule has 2 heterocycles. The lowest BCUT2D eigenvalue weighted by molar-refractivity contribution is 0.0376. The summed E-state index contributed by atoms with van der Waals surface area (Å²) >= 11 is 3.31. The molecule has 31 heavy (non-hydrogen) atoms. The zero-order valence-corrected chi connectivity index (χ0v) is 19.8. The molecule has 0 spiro atoms. The second-order valence-corrected chi connectivity index (χ2v) is 9.93. The van der Waals surface area contributed by atoms with E-state index in [4.69, 9.17) is 9.72 Å². The smallest absolute Gasteiger partial charge is 0.261 e. The molecule has 0 unspecified atom stereocenters. The van der Waals surface area contributed by atoms with Crippen molar-refractivity contribution in [1.29, 1.82) is 0 Å². The van der Waals surface area contributed by atoms with Gasteiger partial charge in [-0.05, 0) is 42.9 Å². The minimum atomic E-state index is 0.0373. The Labute approximate surface area is 192 Å². The molecule has 0 saturated carbocycles. The van der Waals surface area contributed by atoms with Crippen LogP contribution in [0.25, 0.3) is 10.2 Å². The summed E-state index contributed by atoms with van der Waals surface area (Å²) in [5.41, 5.74) is 2.89. The standard InChI is InChI=1S/C24H29N3O2S2/c1-3-30-20-10-5-4-9-19(20)23(28)27(13-7-12-26-14-16-29-17-15-26)24-25-22-18(2)8-6-11-21(22)31-24/h4-6,8-11H,3,7,12-17H2,1-2H3. The van der Waals surface area contributed by atoms with E-state index in [0.29, 0.717) is 6.54 Å². The van der Waals surface area contributed by atoms with Crippen molar-refractivity contribution in [2.45, 2.75) is 25.2 Å². The number of hydrogen-bond acceptors (Lipinski definition) is 6. The van der Waals surface area contributed by atoms with Gasteiger partial charge in [-0.1, -0.05) is 42.5 Å². The molecule has 2 aromatic carbocycles. The summed E-state index contributed by atoms with van der Waals surface area (Å²) in [7, 11) is 0. The molecule has 1 aromatic heterocycles. The summed E-state index contributed by atoms with van der Waals surface area (Å²) in [5, 5.41) is 0.785. The van der Waals surface area contributed by atoms with Crippen LogP contribution in [-0.4, -0.2) is 60.9 Å². The molecule has 164 valence electrons. The number of benzene rings is 2. The van der Waals surface area contributed by atoms with Gasteiger partial charge in [0.05, 0.1) is 29.0 Å². The van der Waals surface area contributed by atoms with Crippen molar-refractivity contribution in [3.63, 3.8) is 0 Å². The molecule has 3 aromatic rings. The first-order valence-corrected chi connectivity index (χ1v) is 12.7. The maximum absolute atomic E-state index is 13.7. The number of amides is 1. The molecule has 1 amide bonds. The molecule has 1 aliphatic heterocycles. The molecule has 1 saturated heterocycles. The van der Waals surface area contributed by atoms with E-state index in [2.05, 4.69) is 36.9 Å². The number of anilines is 1. The van der Waals surface area contributed by atoms with Gasteiger partial charge in [0.25, 0.3) is 5.91 Å². The maximum Gasteiger partial charge on any atom is 0.261 e. The van der Waals surface area contributed by atoms with Crippen LogP contribution in [0.4, 0.5) is 5.13 Å². The average molecular weight is 456 g/mol. The van der Waals surface area contributed by atoms with E-state index in [1.54, 1.807) is 23.1 Å². The molecular formula is C24H29N3O2S2. The fourth-order valence-corrected chi connectivity index (χ4v) is 5.69. The molecule has 5 nitrogen and oxygen atoms in total. The van der Waals surface area contributed by atoms with Gasteiger partial charge in [-0.2, -0.15) is 0 Å². The lowest BCUT2D eigenvalue weighted by Crippen LogP contribution is -2.39. The molecule has 7 heteroatoms. The Kier molecular flexibility index (Phi) is 7.61. The van der Waals surface area contributed by atoms with Crippen molar-refractivity contribution in [2.75, 3.05) is 50.0 Å². The number of carbonyl (C=O) groups is 1. The van der Waals surface area contributed by atoms with Gasteiger partial charge in [0.15, 0.2) is 5.13 Å². The van der Waals surface area contributed by atoms with Crippen LogP contribution < -0.4 is 4.90 Å². The van der Waals surface area contributed by atoms with Gasteiger partial charge >= 0.3 is 0 Å². The van der Waals surface area contributed by atoms with Crippen LogP contribution in [0.15, 0.2) is 47.4 Å². The Balaban J connectivity index is 1.61. The number of thiazole rings is 1. The number of morpholine rings is 1. The first-order chi connectivity index (χ1) is 15.2. The predicted molar refractivity (Wildman–Crippen MR) is 131 cm³/mol. The number of rotatable bonds is 8. The molecule has 1 fully saturated rings. The van der Waals surface area contributed by atoms with Crippen molar-refractivity contribution >= 4 is 44.4 Å². The van der Waals surface area contributed by atoms with Gasteiger partial charge in [0, 0.05) is 31.1 Å². The molecule has 0 aliphatic carbocycles. The van der Waals surface area contributed by atoms with Crippen LogP contribution in [0, 0.1) is 6.92 Å². The van der Waals surface area contributed by atoms with Gasteiger partial charge in [-0.25, -0.2) is 4.98 Å². The van der Waals surface area contributed by atoms with E-state index in [0.717, 1.165) is 76.4 Å². The Bertz CT molecular complexity index is 1030. The molecule has 4 rings (SSSR count). The lowest BCUT2D eigenvalue weighted by Gasteiger charge is -2.28. The van der Waals surface area contributed by atoms with E-state index in [1.807, 2.05) is 29.2 Å². The molecule has 1 aliphatic rings. The normalized spacial score (nSPS) is 14.8. The Morgan fingerprint density at radius 3 is 2.77 bits per heavy atom. The topological polar surface area (TPSA) is 45.7 Å². The number of fused-ring (bicyclic) bond motifs is 1. The molecule has 0 bridgehead atoms. The third-order valence-corrected chi connectivity index (χ3v) is 7.46. The highest BCUT2D eigenvalue weighted by Gasteiger charge is 2.24. The van der Waals surface area contributed by atoms with Crippen LogP contribution in [0.5, 0.6) is 0 Å². The van der Waals surface area contributed by atoms with Gasteiger partial charge in [-0.3, -0.25) is 14.6 Å². The van der Waals surface area contributed by atoms with Crippen LogP contribution >= 0.6 is 23.1 Å². The van der Waals surface area contributed by atoms with E-state index in [1.165, 1.54) is 0 Å². The van der Waals surface area contributed by atoms with Crippen LogP contribution in [0.3, 0.4) is 0 Å². The number of aryl methyl sites for hydroxylation is 1. The summed E-state index contributed by atoms with van der Waals surface area (Å²) in [5.74, 6) is 0.969. The maximum atomic E-state index is 13.7. The molecule has 0 atom stereocenters. The van der Waals surface area contributed by atoms with E-state index >= 15 is 0 Å². The van der Waals surface area contributed by atoms with Crippen molar-refractivity contribution in [3.8, 4) is 0 Å². The van der Waals surface area contributed by atoms with Crippen LogP contribution in [0.1, 0.15) is 29.3 Å². The SMILES string of the molecule is CCSc1ccccc1C(=O)N(CCCN1CCOCC1)c1nc2c(C)cccc2s1. The minimum absolute atomic E-state index is 0.0373. The number of aromatic nitrogens is 1. The molecular weight excluding hydrogens is 426 g/mol. The van der Waals surface area contributed by atoms with Gasteiger partial charge in [-0.15, -0.1) is 11.8 Å². The van der Waals surface area contributed by atoms with Crippen LogP contribution in [-0.2, 0) is 4.74 Å². The molecule has 0 N–H and O–H groups in total. The van der Waals surface area contributed by atoms with Crippen molar-refractivity contribution in [1.82, 2.24) is 9.88 Å². The first-order valence-electron chi connectivity index (χ1n) is 10.9. The average Bonchev–Trinajstić information content (AvgIpc) is 3.23. The minimum Gasteiger partial charge on any atom is -0.379 e. The summed E-state index contributed by atoms with van der Waals surface area (Å²) < 4.78 is 6.58. The second kappa shape index (κ2) is 10.6. The summed E-state index contributed by atoms with van der Waals surface area (Å²) in [4.78, 5) is 23.9. The summed E-state index contributed by atoms with van der Waals surface area (Å²) in [6.45, 7) is 9.31. The number of nitrogens with zero attached hydrogens (tertiary/aromatic N) is 3. The zero-order valence-electron chi connectivity index (χ0n) is 18.2. The highest BCUT2D eigenvalue weighted by Crippen LogP contribution is 2.33. The third kappa shape index (κ3) is 5.29. The van der Waals surface area contributed by atoms with Crippen molar-refractivity contribution < 1.29 is 9.53 Å². The Morgan fingerprint density at radius 1 is 1.19 bits per heavy atom. The monoisotopic (exact) mass is 455 g/mol. The lowest BCUT2D eigenvalue weighted by atomic mass is 10.2. The number of para-hydroxylation sites is 1. The van der Waals surface area contributed by atoms with Crippen molar-refractivity contribution in [2.24, 2.45) is 0 Å². The largest absolute Gasteiger partial charge is 0.379 e. The number of ether oxygens (including phenoxy) is 1. The predicted octanol–water partition coefficient (Wildman–Crippen LogP) is 5.09. The van der Waals surface area contributed by atoms with Crippen LogP contribution in [0.2, 0.25) is 0 Å². The van der Waals surface area contributed by atoms with Gasteiger partial charge in [0.2, 0.25) is 0 Å². The van der Waals surface area contributed by atoms with E-state index in [-0.39, 0.29) is 5.91 Å². The summed E-state index contributed by atoms with van der Waals surface area (Å²) in [6.07, 6.45) is 0.906. The molecule has 0 radical (unpaired) electrons. The van der Waals surface area contributed by atoms with Crippen molar-refractivity contribution in [3.05, 3.63) is 53.6 Å². The van der Waals surface area contributed by atoms with Gasteiger partial charge in [0.1, 0.15) is 0 Å².